The number of carboxylic acid groups (broad SMARTS) is 1. The summed E-state index contributed by atoms with van der Waals surface area (Å²) in [5.74, 6) is -3.57. The molecule has 0 heterocycles. The Morgan fingerprint density at radius 3 is 2.16 bits per heavy atom. The summed E-state index contributed by atoms with van der Waals surface area (Å²) in [6.45, 7) is 1.31. The molecule has 0 fully saturated rings. The fourth-order valence-corrected chi connectivity index (χ4v) is 1.46. The number of hydrogen-bond acceptors (Lipinski definition) is 5. The molecule has 0 saturated carbocycles. The Morgan fingerprint density at radius 1 is 1.21 bits per heavy atom. The van der Waals surface area contributed by atoms with Gasteiger partial charge in [-0.1, -0.05) is 6.92 Å². The Hall–Kier alpha value is -1.92. The predicted octanol–water partition coefficient (Wildman–Crippen LogP) is 1.02. The first-order chi connectivity index (χ1) is 8.91. The van der Waals surface area contributed by atoms with Gasteiger partial charge in [-0.25, -0.2) is 9.59 Å². The largest absolute Gasteiger partial charge is 0.478 e. The van der Waals surface area contributed by atoms with Crippen molar-refractivity contribution in [1.82, 2.24) is 0 Å². The number of aliphatic hydroxyl groups is 2. The second-order valence-corrected chi connectivity index (χ2v) is 4.05. The van der Waals surface area contributed by atoms with Gasteiger partial charge in [0.25, 0.3) is 0 Å². The molecule has 6 nitrogen and oxygen atoms in total. The van der Waals surface area contributed by atoms with Crippen LogP contribution >= 0.6 is 0 Å². The van der Waals surface area contributed by atoms with Crippen LogP contribution in [0.25, 0.3) is 0 Å². The van der Waals surface area contributed by atoms with Crippen LogP contribution < -0.4 is 0 Å². The van der Waals surface area contributed by atoms with Crippen LogP contribution in [0.2, 0.25) is 0 Å². The van der Waals surface area contributed by atoms with Crippen molar-refractivity contribution in [1.29, 1.82) is 0 Å². The van der Waals surface area contributed by atoms with E-state index in [9.17, 15) is 14.7 Å². The van der Waals surface area contributed by atoms with Crippen molar-refractivity contribution in [2.75, 3.05) is 6.61 Å². The topological polar surface area (TPSA) is 104 Å². The number of esters is 1. The standard InChI is InChI=1S/C13H16O6/c1-2-13(18,7-8-14)19-12(17)10-5-3-9(4-6-10)11(15)16/h3-6,14,18H,2,7-8H2,1H3,(H,15,16). The lowest BCUT2D eigenvalue weighted by Gasteiger charge is -2.25. The van der Waals surface area contributed by atoms with Gasteiger partial charge >= 0.3 is 11.9 Å². The zero-order valence-corrected chi connectivity index (χ0v) is 10.5. The van der Waals surface area contributed by atoms with Crippen molar-refractivity contribution < 1.29 is 29.6 Å². The second-order valence-electron chi connectivity index (χ2n) is 4.05. The lowest BCUT2D eigenvalue weighted by Crippen LogP contribution is -2.35. The van der Waals surface area contributed by atoms with Crippen molar-refractivity contribution in [3.05, 3.63) is 35.4 Å². The number of aromatic carboxylic acids is 1. The molecule has 1 atom stereocenters. The van der Waals surface area contributed by atoms with Gasteiger partial charge in [0.15, 0.2) is 0 Å². The summed E-state index contributed by atoms with van der Waals surface area (Å²) in [6.07, 6.45) is 0.0644. The van der Waals surface area contributed by atoms with E-state index in [0.717, 1.165) is 0 Å². The van der Waals surface area contributed by atoms with Crippen LogP contribution in [0.15, 0.2) is 24.3 Å². The minimum absolute atomic E-state index is 0.0534. The van der Waals surface area contributed by atoms with E-state index in [-0.39, 0.29) is 30.6 Å². The average Bonchev–Trinajstić information content (AvgIpc) is 2.39. The smallest absolute Gasteiger partial charge is 0.340 e. The van der Waals surface area contributed by atoms with E-state index in [2.05, 4.69) is 0 Å². The number of carbonyl (C=O) groups excluding carboxylic acids is 1. The third-order valence-corrected chi connectivity index (χ3v) is 2.71. The molecule has 1 rings (SSSR count). The maximum absolute atomic E-state index is 11.8. The number of hydrogen-bond donors (Lipinski definition) is 3. The van der Waals surface area contributed by atoms with Gasteiger partial charge < -0.3 is 20.1 Å². The minimum atomic E-state index is -1.71. The monoisotopic (exact) mass is 268 g/mol. The molecule has 1 aromatic rings. The fourth-order valence-electron chi connectivity index (χ4n) is 1.46. The normalized spacial score (nSPS) is 13.6. The quantitative estimate of drug-likeness (QED) is 0.525. The van der Waals surface area contributed by atoms with Crippen molar-refractivity contribution in [3.8, 4) is 0 Å². The highest BCUT2D eigenvalue weighted by atomic mass is 16.7. The van der Waals surface area contributed by atoms with E-state index in [4.69, 9.17) is 14.9 Å². The number of benzene rings is 1. The summed E-state index contributed by atoms with van der Waals surface area (Å²) >= 11 is 0. The molecule has 0 spiro atoms. The number of carboxylic acids is 1. The van der Waals surface area contributed by atoms with E-state index < -0.39 is 17.7 Å². The molecule has 0 aliphatic heterocycles. The van der Waals surface area contributed by atoms with Crippen molar-refractivity contribution in [2.45, 2.75) is 25.6 Å². The third-order valence-electron chi connectivity index (χ3n) is 2.71. The first kappa shape index (κ1) is 15.1. The van der Waals surface area contributed by atoms with Crippen LogP contribution in [-0.2, 0) is 4.74 Å². The summed E-state index contributed by atoms with van der Waals surface area (Å²) in [4.78, 5) is 22.4. The molecule has 1 unspecified atom stereocenters. The van der Waals surface area contributed by atoms with Crippen molar-refractivity contribution in [3.63, 3.8) is 0 Å². The molecule has 0 amide bonds. The Bertz CT molecular complexity index is 453. The van der Waals surface area contributed by atoms with Gasteiger partial charge in [0, 0.05) is 19.4 Å². The van der Waals surface area contributed by atoms with Gasteiger partial charge in [-0.05, 0) is 24.3 Å². The summed E-state index contributed by atoms with van der Waals surface area (Å²) in [6, 6.07) is 5.16. The molecule has 0 saturated heterocycles. The first-order valence-electron chi connectivity index (χ1n) is 5.82. The number of rotatable bonds is 6. The predicted molar refractivity (Wildman–Crippen MR) is 65.8 cm³/mol. The highest BCUT2D eigenvalue weighted by Crippen LogP contribution is 2.19. The summed E-state index contributed by atoms with van der Waals surface area (Å²) in [5, 5.41) is 27.4. The molecular weight excluding hydrogens is 252 g/mol. The van der Waals surface area contributed by atoms with Crippen LogP contribution in [0.4, 0.5) is 0 Å². The van der Waals surface area contributed by atoms with Gasteiger partial charge in [0.1, 0.15) is 0 Å². The second kappa shape index (κ2) is 6.31. The summed E-state index contributed by atoms with van der Waals surface area (Å²) < 4.78 is 4.92. The van der Waals surface area contributed by atoms with Crippen LogP contribution in [0.1, 0.15) is 40.5 Å². The van der Waals surface area contributed by atoms with E-state index in [1.165, 1.54) is 24.3 Å². The van der Waals surface area contributed by atoms with E-state index in [0.29, 0.717) is 0 Å². The molecule has 3 N–H and O–H groups in total. The first-order valence-corrected chi connectivity index (χ1v) is 5.82. The number of aliphatic hydroxyl groups excluding tert-OH is 1. The Balaban J connectivity index is 2.80. The fraction of sp³-hybridized carbons (Fsp3) is 0.385. The molecule has 1 aromatic carbocycles. The molecule has 0 radical (unpaired) electrons. The number of carbonyl (C=O) groups is 2. The molecule has 0 aliphatic carbocycles. The maximum Gasteiger partial charge on any atom is 0.340 e. The Kier molecular flexibility index (Phi) is 5.02. The van der Waals surface area contributed by atoms with Gasteiger partial charge in [-0.3, -0.25) is 0 Å². The molecule has 0 aromatic heterocycles. The van der Waals surface area contributed by atoms with Crippen LogP contribution in [0.5, 0.6) is 0 Å². The van der Waals surface area contributed by atoms with Gasteiger partial charge in [-0.15, -0.1) is 0 Å². The molecular formula is C13H16O6. The molecule has 0 bridgehead atoms. The molecule has 104 valence electrons. The SMILES string of the molecule is CCC(O)(CCO)OC(=O)c1ccc(C(=O)O)cc1. The van der Waals surface area contributed by atoms with Crippen LogP contribution in [0, 0.1) is 0 Å². The lowest BCUT2D eigenvalue weighted by molar-refractivity contribution is -0.175. The zero-order valence-electron chi connectivity index (χ0n) is 10.5. The molecule has 0 aliphatic rings. The van der Waals surface area contributed by atoms with Gasteiger partial charge in [0.05, 0.1) is 11.1 Å². The van der Waals surface area contributed by atoms with Crippen LogP contribution in [-0.4, -0.2) is 39.7 Å². The van der Waals surface area contributed by atoms with Crippen molar-refractivity contribution >= 4 is 11.9 Å². The average molecular weight is 268 g/mol. The van der Waals surface area contributed by atoms with E-state index in [1.807, 2.05) is 0 Å². The number of ether oxygens (including phenoxy) is 1. The highest BCUT2D eigenvalue weighted by molar-refractivity contribution is 5.92. The molecule has 19 heavy (non-hydrogen) atoms. The third kappa shape index (κ3) is 4.04. The maximum atomic E-state index is 11.8. The van der Waals surface area contributed by atoms with E-state index >= 15 is 0 Å². The minimum Gasteiger partial charge on any atom is -0.478 e. The Labute approximate surface area is 110 Å². The lowest BCUT2D eigenvalue weighted by atomic mass is 10.1. The van der Waals surface area contributed by atoms with Gasteiger partial charge in [0.2, 0.25) is 5.79 Å². The highest BCUT2D eigenvalue weighted by Gasteiger charge is 2.29. The molecule has 6 heteroatoms. The van der Waals surface area contributed by atoms with Crippen molar-refractivity contribution in [2.24, 2.45) is 0 Å². The summed E-state index contributed by atoms with van der Waals surface area (Å²) in [5.41, 5.74) is 0.187. The summed E-state index contributed by atoms with van der Waals surface area (Å²) in [7, 11) is 0. The van der Waals surface area contributed by atoms with Gasteiger partial charge in [-0.2, -0.15) is 0 Å². The Morgan fingerprint density at radius 2 is 1.74 bits per heavy atom. The van der Waals surface area contributed by atoms with E-state index in [1.54, 1.807) is 6.92 Å². The van der Waals surface area contributed by atoms with Crippen LogP contribution in [0.3, 0.4) is 0 Å². The zero-order chi connectivity index (χ0) is 14.5.